The van der Waals surface area contributed by atoms with Crippen LogP contribution < -0.4 is 19.6 Å². The Hall–Kier alpha value is -3.29. The van der Waals surface area contributed by atoms with Crippen molar-refractivity contribution in [3.63, 3.8) is 0 Å². The van der Waals surface area contributed by atoms with Crippen molar-refractivity contribution in [3.8, 4) is 5.75 Å². The van der Waals surface area contributed by atoms with E-state index >= 15 is 0 Å². The van der Waals surface area contributed by atoms with Gasteiger partial charge >= 0.3 is 0 Å². The summed E-state index contributed by atoms with van der Waals surface area (Å²) in [6.07, 6.45) is 3.56. The van der Waals surface area contributed by atoms with Gasteiger partial charge in [0, 0.05) is 5.56 Å². The van der Waals surface area contributed by atoms with Crippen molar-refractivity contribution < 1.29 is 9.13 Å². The molecule has 3 aromatic carbocycles. The van der Waals surface area contributed by atoms with Crippen molar-refractivity contribution in [1.29, 1.82) is 0 Å². The predicted octanol–water partition coefficient (Wildman–Crippen LogP) is 5.23. The minimum Gasteiger partial charge on any atom is -0.496 e. The number of fused-ring (bicyclic) bond motifs is 3. The average Bonchev–Trinajstić information content (AvgIpc) is 3.18. The number of methoxy groups -OCH3 is 1. The Morgan fingerprint density at radius 1 is 1.11 bits per heavy atom. The van der Waals surface area contributed by atoms with E-state index in [-0.39, 0.29) is 17.4 Å². The van der Waals surface area contributed by atoms with Crippen molar-refractivity contribution in [2.75, 3.05) is 7.11 Å². The molecule has 0 bridgehead atoms. The van der Waals surface area contributed by atoms with Crippen LogP contribution in [0.3, 0.4) is 0 Å². The molecule has 0 N–H and O–H groups in total. The Kier molecular flexibility index (Phi) is 5.54. The molecule has 35 heavy (non-hydrogen) atoms. The largest absolute Gasteiger partial charge is 0.496 e. The first-order valence-electron chi connectivity index (χ1n) is 11.3. The van der Waals surface area contributed by atoms with Crippen LogP contribution in [0.1, 0.15) is 34.7 Å². The van der Waals surface area contributed by atoms with Crippen molar-refractivity contribution in [1.82, 2.24) is 4.57 Å². The van der Waals surface area contributed by atoms with Crippen LogP contribution in [0.25, 0.3) is 11.8 Å². The molecule has 1 unspecified atom stereocenters. The van der Waals surface area contributed by atoms with Gasteiger partial charge in [0.1, 0.15) is 11.6 Å². The predicted molar refractivity (Wildman–Crippen MR) is 140 cm³/mol. The molecule has 7 heteroatoms. The number of nitrogens with zero attached hydrogens (tertiary/aromatic N) is 2. The van der Waals surface area contributed by atoms with Gasteiger partial charge in [-0.25, -0.2) is 9.38 Å². The third kappa shape index (κ3) is 3.79. The van der Waals surface area contributed by atoms with Gasteiger partial charge in [0.15, 0.2) is 4.80 Å². The molecule has 2 aliphatic rings. The molecule has 0 amide bonds. The molecule has 0 spiro atoms. The quantitative estimate of drug-likeness (QED) is 0.353. The zero-order chi connectivity index (χ0) is 24.1. The van der Waals surface area contributed by atoms with E-state index in [9.17, 15) is 9.18 Å². The standard InChI is InChI=1S/C28H20BrFN2O2S/c1-34-23-13-6-16(14-22(23)29)15-24-27(33)32-26(18-7-10-19(30)11-8-18)21-12-9-17-4-2-3-5-20(17)25(21)31-28(32)35-24/h2-8,10-11,13-15,26H,9,12H2,1H3. The second-order valence-corrected chi connectivity index (χ2v) is 10.4. The van der Waals surface area contributed by atoms with Gasteiger partial charge in [0.2, 0.25) is 0 Å². The zero-order valence-corrected chi connectivity index (χ0v) is 21.2. The van der Waals surface area contributed by atoms with E-state index in [2.05, 4.69) is 28.1 Å². The van der Waals surface area contributed by atoms with Gasteiger partial charge < -0.3 is 4.74 Å². The third-order valence-electron chi connectivity index (χ3n) is 6.53. The number of halogens is 2. The molecule has 4 nitrogen and oxygen atoms in total. The molecular formula is C28H20BrFN2O2S. The zero-order valence-electron chi connectivity index (χ0n) is 18.8. The van der Waals surface area contributed by atoms with E-state index in [1.165, 1.54) is 29.0 Å². The Morgan fingerprint density at radius 2 is 1.91 bits per heavy atom. The van der Waals surface area contributed by atoms with E-state index in [0.29, 0.717) is 9.33 Å². The number of rotatable bonds is 3. The summed E-state index contributed by atoms with van der Waals surface area (Å²) in [4.78, 5) is 19.4. The summed E-state index contributed by atoms with van der Waals surface area (Å²) >= 11 is 4.90. The molecule has 0 saturated heterocycles. The lowest BCUT2D eigenvalue weighted by molar-refractivity contribution is 0.412. The van der Waals surface area contributed by atoms with E-state index in [0.717, 1.165) is 51.0 Å². The van der Waals surface area contributed by atoms with Crippen LogP contribution >= 0.6 is 27.3 Å². The molecule has 1 atom stereocenters. The highest BCUT2D eigenvalue weighted by Crippen LogP contribution is 2.41. The van der Waals surface area contributed by atoms with Crippen LogP contribution in [0, 0.1) is 5.82 Å². The third-order valence-corrected chi connectivity index (χ3v) is 8.13. The molecule has 0 radical (unpaired) electrons. The molecule has 6 rings (SSSR count). The summed E-state index contributed by atoms with van der Waals surface area (Å²) in [6.45, 7) is 0. The molecular weight excluding hydrogens is 527 g/mol. The maximum atomic E-state index is 13.8. The first-order chi connectivity index (χ1) is 17.0. The number of aromatic nitrogens is 1. The molecule has 0 saturated carbocycles. The van der Waals surface area contributed by atoms with Crippen molar-refractivity contribution in [2.24, 2.45) is 4.99 Å². The smallest absolute Gasteiger partial charge is 0.271 e. The van der Waals surface area contributed by atoms with Gasteiger partial charge in [0.25, 0.3) is 5.56 Å². The maximum Gasteiger partial charge on any atom is 0.271 e. The Labute approximate surface area is 213 Å². The molecule has 1 aromatic heterocycles. The number of hydrogen-bond acceptors (Lipinski definition) is 4. The molecule has 1 aliphatic heterocycles. The van der Waals surface area contributed by atoms with Gasteiger partial charge in [-0.15, -0.1) is 0 Å². The Balaban J connectivity index is 1.59. The van der Waals surface area contributed by atoms with Crippen molar-refractivity contribution >= 4 is 39.0 Å². The summed E-state index contributed by atoms with van der Waals surface area (Å²) in [5.74, 6) is 0.431. The molecule has 4 aromatic rings. The van der Waals surface area contributed by atoms with Gasteiger partial charge in [0.05, 0.1) is 27.9 Å². The number of thiazole rings is 1. The van der Waals surface area contributed by atoms with Gasteiger partial charge in [-0.3, -0.25) is 9.36 Å². The summed E-state index contributed by atoms with van der Waals surface area (Å²) in [7, 11) is 1.62. The second kappa shape index (κ2) is 8.73. The van der Waals surface area contributed by atoms with E-state index in [1.807, 2.05) is 36.4 Å². The summed E-state index contributed by atoms with van der Waals surface area (Å²) in [5.41, 5.74) is 6.07. The monoisotopic (exact) mass is 546 g/mol. The minimum absolute atomic E-state index is 0.0968. The minimum atomic E-state index is -0.319. The highest BCUT2D eigenvalue weighted by atomic mass is 79.9. The van der Waals surface area contributed by atoms with Gasteiger partial charge in [-0.1, -0.05) is 53.8 Å². The van der Waals surface area contributed by atoms with Crippen LogP contribution in [0.15, 0.2) is 86.6 Å². The van der Waals surface area contributed by atoms with Crippen LogP contribution in [-0.2, 0) is 6.42 Å². The Bertz CT molecular complexity index is 1690. The number of aryl methyl sites for hydroxylation is 1. The van der Waals surface area contributed by atoms with Crippen LogP contribution in [0.2, 0.25) is 0 Å². The van der Waals surface area contributed by atoms with Crippen LogP contribution in [-0.4, -0.2) is 11.7 Å². The lowest BCUT2D eigenvalue weighted by Crippen LogP contribution is -2.38. The van der Waals surface area contributed by atoms with Crippen LogP contribution in [0.4, 0.5) is 4.39 Å². The highest BCUT2D eigenvalue weighted by Gasteiger charge is 2.32. The molecule has 174 valence electrons. The lowest BCUT2D eigenvalue weighted by Gasteiger charge is -2.30. The lowest BCUT2D eigenvalue weighted by atomic mass is 9.83. The maximum absolute atomic E-state index is 13.8. The molecule has 0 fully saturated rings. The molecule has 1 aliphatic carbocycles. The van der Waals surface area contributed by atoms with Crippen LogP contribution in [0.5, 0.6) is 5.75 Å². The fraction of sp³-hybridized carbons (Fsp3) is 0.143. The SMILES string of the molecule is COc1ccc(C=c2sc3n(c2=O)C(c2ccc(F)cc2)C2=C(N=3)c3ccccc3CC2)cc1Br. The number of allylic oxidation sites excluding steroid dienone is 1. The normalized spacial score (nSPS) is 16.9. The van der Waals surface area contributed by atoms with Gasteiger partial charge in [-0.05, 0) is 81.4 Å². The van der Waals surface area contributed by atoms with E-state index in [1.54, 1.807) is 23.8 Å². The average molecular weight is 547 g/mol. The molecule has 2 heterocycles. The highest BCUT2D eigenvalue weighted by molar-refractivity contribution is 9.10. The fourth-order valence-electron chi connectivity index (χ4n) is 4.89. The number of hydrogen-bond donors (Lipinski definition) is 0. The van der Waals surface area contributed by atoms with E-state index < -0.39 is 0 Å². The number of ether oxygens (including phenoxy) is 1. The topological polar surface area (TPSA) is 43.6 Å². The first kappa shape index (κ1) is 22.2. The summed E-state index contributed by atoms with van der Waals surface area (Å²) in [6, 6.07) is 20.1. The number of benzene rings is 3. The van der Waals surface area contributed by atoms with Crippen molar-refractivity contribution in [2.45, 2.75) is 18.9 Å². The Morgan fingerprint density at radius 3 is 2.69 bits per heavy atom. The first-order valence-corrected chi connectivity index (χ1v) is 12.9. The second-order valence-electron chi connectivity index (χ2n) is 8.56. The summed E-state index contributed by atoms with van der Waals surface area (Å²) in [5, 5.41) is 0. The van der Waals surface area contributed by atoms with Gasteiger partial charge in [-0.2, -0.15) is 0 Å². The summed E-state index contributed by atoms with van der Waals surface area (Å²) < 4.78 is 22.3. The fourth-order valence-corrected chi connectivity index (χ4v) is 6.45. The van der Waals surface area contributed by atoms with E-state index in [4.69, 9.17) is 9.73 Å². The van der Waals surface area contributed by atoms with Crippen molar-refractivity contribution in [3.05, 3.63) is 125 Å².